The normalized spacial score (nSPS) is 15.9. The molecule has 1 amide bonds. The van der Waals surface area contributed by atoms with Gasteiger partial charge < -0.3 is 25.5 Å². The number of carbonyl (C=O) groups excluding carboxylic acids is 1. The van der Waals surface area contributed by atoms with Crippen molar-refractivity contribution >= 4 is 11.9 Å². The van der Waals surface area contributed by atoms with E-state index in [2.05, 4.69) is 16.0 Å². The maximum absolute atomic E-state index is 12.5. The minimum atomic E-state index is -0.138. The molecule has 0 radical (unpaired) electrons. The predicted octanol–water partition coefficient (Wildman–Crippen LogP) is 3.60. The Morgan fingerprint density at radius 3 is 2.69 bits per heavy atom. The lowest BCUT2D eigenvalue weighted by Gasteiger charge is -2.37. The van der Waals surface area contributed by atoms with E-state index in [0.717, 1.165) is 49.6 Å². The van der Waals surface area contributed by atoms with Crippen LogP contribution < -0.4 is 16.0 Å². The standard InChI is InChI=1S/C25H36N4O3/c1-2-26-24(29-19-25(13-14-30)11-4-3-5-12-25)28-17-20-8-6-9-21(16-20)23(31)27-18-22-10-7-15-32-22/h6-10,15-16,30H,2-5,11-14,17-19H2,1H3,(H,27,31)(H2,26,28,29). The van der Waals surface area contributed by atoms with Gasteiger partial charge in [0.15, 0.2) is 5.96 Å². The molecule has 0 saturated heterocycles. The molecule has 1 fully saturated rings. The second-order valence-corrected chi connectivity index (χ2v) is 8.55. The number of amides is 1. The number of hydrogen-bond acceptors (Lipinski definition) is 4. The van der Waals surface area contributed by atoms with Crippen molar-refractivity contribution in [3.05, 3.63) is 59.5 Å². The molecule has 7 nitrogen and oxygen atoms in total. The first kappa shape index (κ1) is 23.9. The fourth-order valence-electron chi connectivity index (χ4n) is 4.33. The molecule has 1 heterocycles. The third-order valence-corrected chi connectivity index (χ3v) is 6.14. The Morgan fingerprint density at radius 1 is 1.12 bits per heavy atom. The first-order chi connectivity index (χ1) is 15.6. The van der Waals surface area contributed by atoms with E-state index in [1.807, 2.05) is 31.2 Å². The van der Waals surface area contributed by atoms with Crippen molar-refractivity contribution in [1.82, 2.24) is 16.0 Å². The van der Waals surface area contributed by atoms with Crippen LogP contribution in [0.25, 0.3) is 0 Å². The molecule has 7 heteroatoms. The summed E-state index contributed by atoms with van der Waals surface area (Å²) in [6, 6.07) is 11.2. The maximum Gasteiger partial charge on any atom is 0.251 e. The zero-order valence-electron chi connectivity index (χ0n) is 19.0. The summed E-state index contributed by atoms with van der Waals surface area (Å²) < 4.78 is 5.26. The van der Waals surface area contributed by atoms with E-state index < -0.39 is 0 Å². The predicted molar refractivity (Wildman–Crippen MR) is 126 cm³/mol. The lowest BCUT2D eigenvalue weighted by molar-refractivity contribution is 0.0948. The van der Waals surface area contributed by atoms with E-state index in [1.165, 1.54) is 19.3 Å². The lowest BCUT2D eigenvalue weighted by atomic mass is 9.72. The van der Waals surface area contributed by atoms with Gasteiger partial charge in [-0.3, -0.25) is 4.79 Å². The Balaban J connectivity index is 1.59. The van der Waals surface area contributed by atoms with Gasteiger partial charge in [0, 0.05) is 25.3 Å². The summed E-state index contributed by atoms with van der Waals surface area (Å²) in [5.74, 6) is 1.35. The first-order valence-electron chi connectivity index (χ1n) is 11.7. The Kier molecular flexibility index (Phi) is 9.16. The van der Waals surface area contributed by atoms with Gasteiger partial charge in [0.2, 0.25) is 0 Å². The molecule has 1 aromatic heterocycles. The highest BCUT2D eigenvalue weighted by Crippen LogP contribution is 2.38. The highest BCUT2D eigenvalue weighted by molar-refractivity contribution is 5.94. The van der Waals surface area contributed by atoms with Gasteiger partial charge in [-0.15, -0.1) is 0 Å². The van der Waals surface area contributed by atoms with Crippen LogP contribution in [0.2, 0.25) is 0 Å². The summed E-state index contributed by atoms with van der Waals surface area (Å²) >= 11 is 0. The number of aliphatic hydroxyl groups is 1. The number of rotatable bonds is 10. The Hall–Kier alpha value is -2.80. The molecule has 1 aliphatic carbocycles. The van der Waals surface area contributed by atoms with Crippen LogP contribution in [-0.2, 0) is 13.1 Å². The number of carbonyl (C=O) groups is 1. The number of furan rings is 1. The number of guanidine groups is 1. The minimum absolute atomic E-state index is 0.138. The molecule has 3 rings (SSSR count). The van der Waals surface area contributed by atoms with Crippen LogP contribution in [0.3, 0.4) is 0 Å². The van der Waals surface area contributed by atoms with E-state index in [4.69, 9.17) is 9.41 Å². The minimum Gasteiger partial charge on any atom is -0.467 e. The first-order valence-corrected chi connectivity index (χ1v) is 11.7. The molecular weight excluding hydrogens is 404 g/mol. The number of nitrogens with one attached hydrogen (secondary N) is 3. The van der Waals surface area contributed by atoms with E-state index in [1.54, 1.807) is 18.4 Å². The van der Waals surface area contributed by atoms with Gasteiger partial charge in [-0.1, -0.05) is 31.4 Å². The second-order valence-electron chi connectivity index (χ2n) is 8.55. The molecular formula is C25H36N4O3. The average Bonchev–Trinajstić information content (AvgIpc) is 3.34. The molecule has 174 valence electrons. The van der Waals surface area contributed by atoms with E-state index in [9.17, 15) is 9.90 Å². The van der Waals surface area contributed by atoms with E-state index in [0.29, 0.717) is 18.7 Å². The Morgan fingerprint density at radius 2 is 1.97 bits per heavy atom. The summed E-state index contributed by atoms with van der Waals surface area (Å²) in [5.41, 5.74) is 1.72. The number of nitrogens with zero attached hydrogens (tertiary/aromatic N) is 1. The van der Waals surface area contributed by atoms with Crippen molar-refractivity contribution in [1.29, 1.82) is 0 Å². The topological polar surface area (TPSA) is 98.9 Å². The maximum atomic E-state index is 12.5. The monoisotopic (exact) mass is 440 g/mol. The van der Waals surface area contributed by atoms with Crippen molar-refractivity contribution in [2.75, 3.05) is 19.7 Å². The van der Waals surface area contributed by atoms with Gasteiger partial charge >= 0.3 is 0 Å². The number of aliphatic hydroxyl groups excluding tert-OH is 1. The summed E-state index contributed by atoms with van der Waals surface area (Å²) in [6.07, 6.45) is 8.45. The summed E-state index contributed by atoms with van der Waals surface area (Å²) in [6.45, 7) is 4.69. The van der Waals surface area contributed by atoms with Crippen molar-refractivity contribution < 1.29 is 14.3 Å². The number of aliphatic imine (C=N–C) groups is 1. The van der Waals surface area contributed by atoms with Crippen LogP contribution in [0, 0.1) is 5.41 Å². The average molecular weight is 441 g/mol. The third kappa shape index (κ3) is 7.12. The summed E-state index contributed by atoms with van der Waals surface area (Å²) in [7, 11) is 0. The quantitative estimate of drug-likeness (QED) is 0.334. The van der Waals surface area contributed by atoms with Crippen LogP contribution in [-0.4, -0.2) is 36.7 Å². The number of benzene rings is 1. The summed E-state index contributed by atoms with van der Waals surface area (Å²) in [4.78, 5) is 17.2. The highest BCUT2D eigenvalue weighted by atomic mass is 16.3. The largest absolute Gasteiger partial charge is 0.467 e. The Bertz CT molecular complexity index is 852. The van der Waals surface area contributed by atoms with Crippen LogP contribution in [0.5, 0.6) is 0 Å². The van der Waals surface area contributed by atoms with E-state index in [-0.39, 0.29) is 17.9 Å². The molecule has 0 unspecified atom stereocenters. The van der Waals surface area contributed by atoms with Gasteiger partial charge in [-0.05, 0) is 61.4 Å². The molecule has 0 atom stereocenters. The molecule has 0 bridgehead atoms. The van der Waals surface area contributed by atoms with Crippen molar-refractivity contribution in [3.63, 3.8) is 0 Å². The van der Waals surface area contributed by atoms with Crippen LogP contribution in [0.1, 0.15) is 67.1 Å². The molecule has 1 aliphatic rings. The second kappa shape index (κ2) is 12.3. The third-order valence-electron chi connectivity index (χ3n) is 6.14. The van der Waals surface area contributed by atoms with Crippen LogP contribution in [0.4, 0.5) is 0 Å². The van der Waals surface area contributed by atoms with Crippen molar-refractivity contribution in [3.8, 4) is 0 Å². The molecule has 4 N–H and O–H groups in total. The lowest BCUT2D eigenvalue weighted by Crippen LogP contribution is -2.44. The van der Waals surface area contributed by atoms with Crippen LogP contribution in [0.15, 0.2) is 52.1 Å². The van der Waals surface area contributed by atoms with Crippen molar-refractivity contribution in [2.24, 2.45) is 10.4 Å². The fraction of sp³-hybridized carbons (Fsp3) is 0.520. The van der Waals surface area contributed by atoms with Crippen molar-refractivity contribution in [2.45, 2.75) is 58.5 Å². The molecule has 32 heavy (non-hydrogen) atoms. The zero-order valence-corrected chi connectivity index (χ0v) is 19.0. The highest BCUT2D eigenvalue weighted by Gasteiger charge is 2.31. The Labute approximate surface area is 190 Å². The number of hydrogen-bond donors (Lipinski definition) is 4. The van der Waals surface area contributed by atoms with E-state index >= 15 is 0 Å². The molecule has 0 spiro atoms. The molecule has 1 aromatic carbocycles. The van der Waals surface area contributed by atoms with Gasteiger partial charge in [0.1, 0.15) is 5.76 Å². The fourth-order valence-corrected chi connectivity index (χ4v) is 4.33. The zero-order chi connectivity index (χ0) is 22.7. The molecule has 1 saturated carbocycles. The van der Waals surface area contributed by atoms with Gasteiger partial charge in [-0.25, -0.2) is 4.99 Å². The smallest absolute Gasteiger partial charge is 0.251 e. The molecule has 2 aromatic rings. The van der Waals surface area contributed by atoms with Crippen LogP contribution >= 0.6 is 0 Å². The SMILES string of the molecule is CCNC(=NCc1cccc(C(=O)NCc2ccco2)c1)NCC1(CCO)CCCCC1. The summed E-state index contributed by atoms with van der Waals surface area (Å²) in [5, 5.41) is 19.2. The van der Waals surface area contributed by atoms with Gasteiger partial charge in [-0.2, -0.15) is 0 Å². The van der Waals surface area contributed by atoms with Gasteiger partial charge in [0.05, 0.1) is 19.4 Å². The molecule has 0 aliphatic heterocycles. The van der Waals surface area contributed by atoms with Gasteiger partial charge in [0.25, 0.3) is 5.91 Å².